The molecule has 1 heterocycles. The van der Waals surface area contributed by atoms with Crippen LogP contribution in [-0.4, -0.2) is 59.7 Å². The molecular weight excluding hydrogens is 454 g/mol. The van der Waals surface area contributed by atoms with Gasteiger partial charge in [-0.25, -0.2) is 15.1 Å². The van der Waals surface area contributed by atoms with Gasteiger partial charge in [-0.1, -0.05) is 11.6 Å². The fraction of sp³-hybridized carbons (Fsp3) is 0.238. The Labute approximate surface area is 194 Å². The zero-order valence-corrected chi connectivity index (χ0v) is 18.8. The molecule has 1 aromatic heterocycles. The molecule has 0 fully saturated rings. The lowest BCUT2D eigenvalue weighted by atomic mass is 10.1. The van der Waals surface area contributed by atoms with Crippen molar-refractivity contribution < 1.29 is 29.0 Å². The molecule has 2 amide bonds. The Kier molecular flexibility index (Phi) is 7.70. The Balaban J connectivity index is 2.07. The Morgan fingerprint density at radius 3 is 2.24 bits per heavy atom. The van der Waals surface area contributed by atoms with E-state index < -0.39 is 11.8 Å². The highest BCUT2D eigenvalue weighted by Gasteiger charge is 2.22. The first-order chi connectivity index (χ1) is 15.9. The molecule has 0 bridgehead atoms. The molecule has 0 unspecified atom stereocenters. The van der Waals surface area contributed by atoms with E-state index in [0.717, 1.165) is 0 Å². The summed E-state index contributed by atoms with van der Waals surface area (Å²) in [5, 5.41) is 16.0. The smallest absolute Gasteiger partial charge is 0.291 e. The molecule has 0 spiro atoms. The zero-order chi connectivity index (χ0) is 24.0. The summed E-state index contributed by atoms with van der Waals surface area (Å²) in [6.45, 7) is -0.0137. The number of carbonyl (C=O) groups excluding carboxylic acids is 2. The molecule has 3 rings (SSSR count). The first-order valence-electron chi connectivity index (χ1n) is 9.66. The third-order valence-electron chi connectivity index (χ3n) is 4.57. The van der Waals surface area contributed by atoms with Gasteiger partial charge < -0.3 is 19.5 Å². The van der Waals surface area contributed by atoms with Crippen LogP contribution in [0.2, 0.25) is 5.02 Å². The van der Waals surface area contributed by atoms with Gasteiger partial charge in [0.15, 0.2) is 17.3 Å². The second kappa shape index (κ2) is 10.7. The number of ether oxygens (including phenoxy) is 3. The molecule has 0 saturated carbocycles. The number of benzene rings is 2. The highest BCUT2D eigenvalue weighted by molar-refractivity contribution is 6.30. The number of aromatic nitrogens is 3. The molecule has 0 radical (unpaired) electrons. The van der Waals surface area contributed by atoms with Crippen molar-refractivity contribution in [2.75, 3.05) is 27.9 Å². The topological polar surface area (TPSA) is 137 Å². The number of hydrogen-bond donors (Lipinski definition) is 3. The minimum Gasteiger partial charge on any atom is -0.493 e. The van der Waals surface area contributed by atoms with E-state index in [1.165, 1.54) is 31.5 Å². The third-order valence-corrected chi connectivity index (χ3v) is 4.82. The average molecular weight is 476 g/mol. The monoisotopic (exact) mass is 475 g/mol. The number of hydrogen-bond acceptors (Lipinski definition) is 8. The van der Waals surface area contributed by atoms with Gasteiger partial charge in [0.2, 0.25) is 17.5 Å². The van der Waals surface area contributed by atoms with Crippen molar-refractivity contribution in [1.82, 2.24) is 25.6 Å². The Morgan fingerprint density at radius 2 is 1.70 bits per heavy atom. The van der Waals surface area contributed by atoms with E-state index in [9.17, 15) is 9.59 Å². The number of methoxy groups -OCH3 is 3. The van der Waals surface area contributed by atoms with Gasteiger partial charge in [-0.05, 0) is 36.4 Å². The molecule has 0 atom stereocenters. The second-order valence-electron chi connectivity index (χ2n) is 6.60. The van der Waals surface area contributed by atoms with Crippen LogP contribution in [0.4, 0.5) is 0 Å². The van der Waals surface area contributed by atoms with Gasteiger partial charge in [-0.2, -0.15) is 0 Å². The number of hydroxylamine groups is 1. The number of amides is 2. The van der Waals surface area contributed by atoms with Crippen LogP contribution < -0.4 is 25.0 Å². The second-order valence-corrected chi connectivity index (χ2v) is 7.04. The summed E-state index contributed by atoms with van der Waals surface area (Å²) in [6.07, 6.45) is -0.111. The van der Waals surface area contributed by atoms with Crippen molar-refractivity contribution in [2.24, 2.45) is 0 Å². The van der Waals surface area contributed by atoms with E-state index >= 15 is 0 Å². The number of carbonyl (C=O) groups is 2. The largest absolute Gasteiger partial charge is 0.493 e. The van der Waals surface area contributed by atoms with Crippen LogP contribution in [0.5, 0.6) is 17.2 Å². The van der Waals surface area contributed by atoms with Crippen molar-refractivity contribution >= 4 is 23.4 Å². The van der Waals surface area contributed by atoms with Crippen molar-refractivity contribution in [3.8, 4) is 34.3 Å². The molecule has 0 saturated heterocycles. The maximum atomic E-state index is 12.6. The number of nitrogens with zero attached hydrogens (tertiary/aromatic N) is 3. The van der Waals surface area contributed by atoms with Crippen molar-refractivity contribution in [3.05, 3.63) is 47.2 Å². The summed E-state index contributed by atoms with van der Waals surface area (Å²) >= 11 is 6.01. The van der Waals surface area contributed by atoms with Crippen LogP contribution in [0.1, 0.15) is 17.0 Å². The van der Waals surface area contributed by atoms with E-state index in [0.29, 0.717) is 39.3 Å². The first kappa shape index (κ1) is 23.8. The van der Waals surface area contributed by atoms with E-state index in [1.807, 2.05) is 0 Å². The van der Waals surface area contributed by atoms with Crippen LogP contribution in [0.25, 0.3) is 17.1 Å². The Bertz CT molecular complexity index is 1120. The van der Waals surface area contributed by atoms with E-state index in [2.05, 4.69) is 15.4 Å². The van der Waals surface area contributed by atoms with Crippen molar-refractivity contribution in [2.45, 2.75) is 6.42 Å². The third kappa shape index (κ3) is 5.33. The number of rotatable bonds is 9. The lowest BCUT2D eigenvalue weighted by molar-refractivity contribution is -0.129. The molecule has 3 N–H and O–H groups in total. The van der Waals surface area contributed by atoms with Gasteiger partial charge in [-0.15, -0.1) is 5.10 Å². The van der Waals surface area contributed by atoms with Gasteiger partial charge >= 0.3 is 0 Å². The Morgan fingerprint density at radius 1 is 1.06 bits per heavy atom. The molecule has 3 aromatic rings. The van der Waals surface area contributed by atoms with E-state index in [4.69, 9.17) is 31.0 Å². The van der Waals surface area contributed by atoms with Crippen LogP contribution in [-0.2, 0) is 4.79 Å². The lowest BCUT2D eigenvalue weighted by Gasteiger charge is -2.14. The fourth-order valence-corrected chi connectivity index (χ4v) is 3.12. The fourth-order valence-electron chi connectivity index (χ4n) is 2.99. The van der Waals surface area contributed by atoms with Gasteiger partial charge in [0, 0.05) is 23.6 Å². The summed E-state index contributed by atoms with van der Waals surface area (Å²) < 4.78 is 17.7. The molecule has 0 aliphatic heterocycles. The maximum absolute atomic E-state index is 12.6. The number of nitrogens with one attached hydrogen (secondary N) is 2. The molecule has 33 heavy (non-hydrogen) atoms. The summed E-state index contributed by atoms with van der Waals surface area (Å²) in [4.78, 5) is 28.2. The average Bonchev–Trinajstić information content (AvgIpc) is 3.28. The van der Waals surface area contributed by atoms with Crippen LogP contribution >= 0.6 is 11.6 Å². The molecular formula is C21H22ClN5O6. The lowest BCUT2D eigenvalue weighted by Crippen LogP contribution is -2.30. The van der Waals surface area contributed by atoms with Crippen molar-refractivity contribution in [1.29, 1.82) is 0 Å². The minimum atomic E-state index is -0.631. The zero-order valence-electron chi connectivity index (χ0n) is 18.1. The Hall–Kier alpha value is -3.83. The van der Waals surface area contributed by atoms with Gasteiger partial charge in [0.25, 0.3) is 5.91 Å². The SMILES string of the molecule is COc1cc(-c2nc(C(=O)NCCC(=O)NO)nn2-c2ccc(Cl)cc2)cc(OC)c1OC. The molecule has 12 heteroatoms. The normalized spacial score (nSPS) is 10.5. The molecule has 11 nitrogen and oxygen atoms in total. The summed E-state index contributed by atoms with van der Waals surface area (Å²) in [5.74, 6) is 0.182. The quantitative estimate of drug-likeness (QED) is 0.316. The summed E-state index contributed by atoms with van der Waals surface area (Å²) in [5.41, 5.74) is 2.65. The summed E-state index contributed by atoms with van der Waals surface area (Å²) in [6, 6.07) is 10.2. The molecule has 0 aliphatic rings. The highest BCUT2D eigenvalue weighted by atomic mass is 35.5. The molecule has 2 aromatic carbocycles. The highest BCUT2D eigenvalue weighted by Crippen LogP contribution is 2.41. The van der Waals surface area contributed by atoms with Gasteiger partial charge in [-0.3, -0.25) is 14.8 Å². The summed E-state index contributed by atoms with van der Waals surface area (Å²) in [7, 11) is 4.48. The van der Waals surface area contributed by atoms with Gasteiger partial charge in [0.05, 0.1) is 27.0 Å². The van der Waals surface area contributed by atoms with E-state index in [1.54, 1.807) is 36.4 Å². The number of halogens is 1. The standard InChI is InChI=1S/C21H22ClN5O6/c1-31-15-10-12(11-16(32-2)18(15)33-3)20-24-19(21(29)23-9-8-17(28)26-30)25-27(20)14-6-4-13(22)5-7-14/h4-7,10-11,30H,8-9H2,1-3H3,(H,23,29)(H,26,28). The van der Waals surface area contributed by atoms with Crippen molar-refractivity contribution in [3.63, 3.8) is 0 Å². The maximum Gasteiger partial charge on any atom is 0.291 e. The first-order valence-corrected chi connectivity index (χ1v) is 10.0. The van der Waals surface area contributed by atoms with Crippen LogP contribution in [0, 0.1) is 0 Å². The van der Waals surface area contributed by atoms with E-state index in [-0.39, 0.29) is 18.8 Å². The minimum absolute atomic E-state index is 0.0137. The van der Waals surface area contributed by atoms with Gasteiger partial charge in [0.1, 0.15) is 0 Å². The molecule has 174 valence electrons. The predicted molar refractivity (Wildman–Crippen MR) is 118 cm³/mol. The molecule has 0 aliphatic carbocycles. The predicted octanol–water partition coefficient (Wildman–Crippen LogP) is 2.24. The van der Waals surface area contributed by atoms with Crippen LogP contribution in [0.3, 0.4) is 0 Å². The van der Waals surface area contributed by atoms with Crippen LogP contribution in [0.15, 0.2) is 36.4 Å².